The van der Waals surface area contributed by atoms with Crippen molar-refractivity contribution < 1.29 is 4.79 Å². The molecule has 0 unspecified atom stereocenters. The number of aryl methyl sites for hydroxylation is 1. The molecule has 0 aliphatic carbocycles. The van der Waals surface area contributed by atoms with Gasteiger partial charge in [-0.15, -0.1) is 10.2 Å². The molecule has 2 aromatic heterocycles. The number of aromatic nitrogens is 6. The van der Waals surface area contributed by atoms with Crippen LogP contribution in [-0.4, -0.2) is 35.5 Å². The zero-order chi connectivity index (χ0) is 28.4. The van der Waals surface area contributed by atoms with E-state index in [1.807, 2.05) is 59.3 Å². The normalized spacial score (nSPS) is 11.6. The predicted molar refractivity (Wildman–Crippen MR) is 157 cm³/mol. The molecule has 0 amide bonds. The van der Waals surface area contributed by atoms with Gasteiger partial charge in [-0.2, -0.15) is 5.21 Å². The number of ketones is 1. The second kappa shape index (κ2) is 10.9. The van der Waals surface area contributed by atoms with Crippen molar-refractivity contribution in [2.75, 3.05) is 0 Å². The van der Waals surface area contributed by atoms with Crippen molar-refractivity contribution in [1.29, 1.82) is 0 Å². The Kier molecular flexibility index (Phi) is 7.34. The van der Waals surface area contributed by atoms with Gasteiger partial charge in [0.2, 0.25) is 5.82 Å². The Morgan fingerprint density at radius 1 is 0.950 bits per heavy atom. The topological polar surface area (TPSA) is 98.5 Å². The number of tetrazole rings is 1. The van der Waals surface area contributed by atoms with Crippen LogP contribution in [-0.2, 0) is 18.4 Å². The molecular formula is C32H34N6O2. The number of nitrogens with one attached hydrogen (secondary N) is 1. The summed E-state index contributed by atoms with van der Waals surface area (Å²) in [6.45, 7) is 10.4. The Morgan fingerprint density at radius 2 is 1.68 bits per heavy atom. The zero-order valence-electron chi connectivity index (χ0n) is 23.6. The molecular weight excluding hydrogens is 500 g/mol. The number of H-pyrrole nitrogens is 1. The van der Waals surface area contributed by atoms with Gasteiger partial charge in [-0.05, 0) is 52.3 Å². The first-order valence-electron chi connectivity index (χ1n) is 13.6. The Bertz CT molecular complexity index is 1700. The lowest BCUT2D eigenvalue weighted by molar-refractivity contribution is 0.101. The van der Waals surface area contributed by atoms with Crippen LogP contribution in [0.15, 0.2) is 77.7 Å². The van der Waals surface area contributed by atoms with Crippen LogP contribution in [0.25, 0.3) is 28.2 Å². The van der Waals surface area contributed by atoms with Crippen LogP contribution in [0.1, 0.15) is 68.2 Å². The van der Waals surface area contributed by atoms with Crippen LogP contribution in [0.5, 0.6) is 0 Å². The van der Waals surface area contributed by atoms with Gasteiger partial charge in [-0.25, -0.2) is 4.79 Å². The fraction of sp³-hybridized carbons (Fsp3) is 0.281. The molecule has 0 atom stereocenters. The van der Waals surface area contributed by atoms with Crippen molar-refractivity contribution in [1.82, 2.24) is 29.8 Å². The Hall–Kier alpha value is -4.59. The number of benzene rings is 3. The average Bonchev–Trinajstić information content (AvgIpc) is 3.58. The van der Waals surface area contributed by atoms with E-state index in [2.05, 4.69) is 60.5 Å². The first-order chi connectivity index (χ1) is 19.2. The highest BCUT2D eigenvalue weighted by atomic mass is 16.2. The van der Waals surface area contributed by atoms with E-state index in [-0.39, 0.29) is 16.9 Å². The molecule has 5 aromatic rings. The molecule has 2 heterocycles. The number of carbonyl (C=O) groups excluding carboxylic acids is 1. The maximum absolute atomic E-state index is 14.0. The summed E-state index contributed by atoms with van der Waals surface area (Å²) in [5.41, 5.74) is 6.67. The van der Waals surface area contributed by atoms with E-state index in [1.54, 1.807) is 17.6 Å². The molecule has 0 saturated carbocycles. The Labute approximate surface area is 233 Å². The summed E-state index contributed by atoms with van der Waals surface area (Å²) in [6, 6.07) is 21.9. The fourth-order valence-electron chi connectivity index (χ4n) is 5.18. The van der Waals surface area contributed by atoms with Gasteiger partial charge >= 0.3 is 5.69 Å². The molecule has 40 heavy (non-hydrogen) atoms. The van der Waals surface area contributed by atoms with Gasteiger partial charge in [0.1, 0.15) is 0 Å². The van der Waals surface area contributed by atoms with Crippen LogP contribution in [0, 0.1) is 0 Å². The molecule has 0 spiro atoms. The first kappa shape index (κ1) is 27.0. The second-order valence-electron chi connectivity index (χ2n) is 11.1. The van der Waals surface area contributed by atoms with Crippen molar-refractivity contribution in [3.8, 4) is 28.2 Å². The number of Topliss-reactive ketones (excluding diaryl/α,β-unsaturated/α-hetero) is 1. The van der Waals surface area contributed by atoms with E-state index >= 15 is 0 Å². The number of hydrogen-bond acceptors (Lipinski definition) is 5. The highest BCUT2D eigenvalue weighted by molar-refractivity contribution is 5.98. The van der Waals surface area contributed by atoms with Gasteiger partial charge < -0.3 is 0 Å². The molecule has 0 aliphatic rings. The van der Waals surface area contributed by atoms with E-state index in [0.717, 1.165) is 46.4 Å². The smallest absolute Gasteiger partial charge is 0.294 e. The number of hydrogen-bond donors (Lipinski definition) is 1. The molecule has 0 bridgehead atoms. The lowest BCUT2D eigenvalue weighted by Crippen LogP contribution is -2.28. The third-order valence-electron chi connectivity index (χ3n) is 7.15. The molecule has 8 nitrogen and oxygen atoms in total. The predicted octanol–water partition coefficient (Wildman–Crippen LogP) is 5.99. The zero-order valence-corrected chi connectivity index (χ0v) is 23.6. The first-order valence-corrected chi connectivity index (χ1v) is 13.6. The van der Waals surface area contributed by atoms with Gasteiger partial charge in [0.25, 0.3) is 0 Å². The molecule has 204 valence electrons. The highest BCUT2D eigenvalue weighted by Gasteiger charge is 2.25. The van der Waals surface area contributed by atoms with E-state index in [1.165, 1.54) is 0 Å². The Balaban J connectivity index is 1.55. The number of para-hydroxylation sites is 1. The van der Waals surface area contributed by atoms with Crippen LogP contribution >= 0.6 is 0 Å². The molecule has 1 N–H and O–H groups in total. The van der Waals surface area contributed by atoms with Crippen LogP contribution in [0.3, 0.4) is 0 Å². The summed E-state index contributed by atoms with van der Waals surface area (Å²) in [7, 11) is 0. The van der Waals surface area contributed by atoms with Gasteiger partial charge in [0, 0.05) is 23.0 Å². The molecule has 3 aromatic carbocycles. The molecule has 0 aliphatic heterocycles. The van der Waals surface area contributed by atoms with Gasteiger partial charge in [0.15, 0.2) is 5.78 Å². The van der Waals surface area contributed by atoms with E-state index in [0.29, 0.717) is 23.6 Å². The largest absolute Gasteiger partial charge is 0.333 e. The van der Waals surface area contributed by atoms with Crippen molar-refractivity contribution in [2.45, 2.75) is 59.4 Å². The third kappa shape index (κ3) is 5.17. The van der Waals surface area contributed by atoms with Crippen LogP contribution in [0.4, 0.5) is 0 Å². The summed E-state index contributed by atoms with van der Waals surface area (Å²) in [6.07, 6.45) is 3.57. The van der Waals surface area contributed by atoms with Crippen LogP contribution in [0.2, 0.25) is 0 Å². The lowest BCUT2D eigenvalue weighted by atomic mass is 9.84. The number of nitrogens with zero attached hydrogens (tertiary/aromatic N) is 5. The molecule has 5 rings (SSSR count). The van der Waals surface area contributed by atoms with Crippen LogP contribution < -0.4 is 5.69 Å². The number of aromatic amines is 1. The summed E-state index contributed by atoms with van der Waals surface area (Å²) in [5.74, 6) is 0.478. The van der Waals surface area contributed by atoms with Crippen molar-refractivity contribution in [3.63, 3.8) is 0 Å². The second-order valence-corrected chi connectivity index (χ2v) is 11.1. The molecule has 8 heteroatoms. The summed E-state index contributed by atoms with van der Waals surface area (Å²) in [4.78, 5) is 26.6. The average molecular weight is 535 g/mol. The maximum atomic E-state index is 14.0. The molecule has 0 saturated heterocycles. The quantitative estimate of drug-likeness (QED) is 0.247. The number of carbonyl (C=O) groups is 1. The SMILES string of the molecule is CCCc1cn(-c2c(C(C)=O)cccc2C(C)(C)C)c(=O)n1Cc1ccc(-c2ccccc2-c2nn[nH]n2)cc1. The van der Waals surface area contributed by atoms with Crippen molar-refractivity contribution in [3.05, 3.63) is 106 Å². The summed E-state index contributed by atoms with van der Waals surface area (Å²) in [5, 5.41) is 14.5. The standard InChI is InChI=1S/C32H34N6O2/c1-6-10-24-20-38(29-25(21(2)39)13-9-14-28(29)32(3,4)5)31(40)37(24)19-22-15-17-23(18-16-22)26-11-7-8-12-27(26)30-33-35-36-34-30/h7-9,11-18,20H,6,10,19H2,1-5H3,(H,33,34,35,36). The van der Waals surface area contributed by atoms with E-state index in [9.17, 15) is 9.59 Å². The minimum Gasteiger partial charge on any atom is -0.294 e. The van der Waals surface area contributed by atoms with Gasteiger partial charge in [-0.1, -0.05) is 94.8 Å². The minimum atomic E-state index is -0.249. The van der Waals surface area contributed by atoms with Gasteiger partial charge in [-0.3, -0.25) is 13.9 Å². The fourth-order valence-corrected chi connectivity index (χ4v) is 5.18. The van der Waals surface area contributed by atoms with E-state index in [4.69, 9.17) is 0 Å². The molecule has 0 fully saturated rings. The van der Waals surface area contributed by atoms with Crippen molar-refractivity contribution in [2.24, 2.45) is 0 Å². The molecule has 0 radical (unpaired) electrons. The van der Waals surface area contributed by atoms with E-state index < -0.39 is 0 Å². The van der Waals surface area contributed by atoms with Crippen molar-refractivity contribution >= 4 is 5.78 Å². The number of imidazole rings is 1. The lowest BCUT2D eigenvalue weighted by Gasteiger charge is -2.24. The van der Waals surface area contributed by atoms with Gasteiger partial charge in [0.05, 0.1) is 12.2 Å². The monoisotopic (exact) mass is 534 g/mol. The Morgan fingerprint density at radius 3 is 2.30 bits per heavy atom. The third-order valence-corrected chi connectivity index (χ3v) is 7.15. The summed E-state index contributed by atoms with van der Waals surface area (Å²) < 4.78 is 3.51. The maximum Gasteiger partial charge on any atom is 0.333 e. The minimum absolute atomic E-state index is 0.0607. The highest BCUT2D eigenvalue weighted by Crippen LogP contribution is 2.32. The summed E-state index contributed by atoms with van der Waals surface area (Å²) >= 11 is 0. The number of rotatable bonds is 8.